The highest BCUT2D eigenvalue weighted by Crippen LogP contribution is 2.40. The number of rotatable bonds is 14. The molecule has 1 aliphatic rings. The maximum absolute atomic E-state index is 14.1. The van der Waals surface area contributed by atoms with Crippen LogP contribution in [0.3, 0.4) is 0 Å². The van der Waals surface area contributed by atoms with Gasteiger partial charge >= 0.3 is 0 Å². The maximum atomic E-state index is 14.1. The Balaban J connectivity index is 1.73. The van der Waals surface area contributed by atoms with Crippen molar-refractivity contribution in [3.05, 3.63) is 71.0 Å². The first-order valence-corrected chi connectivity index (χ1v) is 13.2. The normalized spacial score (nSPS) is 17.1. The molecule has 1 N–H and O–H groups in total. The van der Waals surface area contributed by atoms with Crippen molar-refractivity contribution in [3.8, 4) is 5.75 Å². The van der Waals surface area contributed by atoms with Crippen LogP contribution >= 0.6 is 0 Å². The van der Waals surface area contributed by atoms with Crippen LogP contribution in [0.25, 0.3) is 5.76 Å². The van der Waals surface area contributed by atoms with E-state index in [0.717, 1.165) is 25.7 Å². The van der Waals surface area contributed by atoms with E-state index in [1.54, 1.807) is 36.4 Å². The van der Waals surface area contributed by atoms with E-state index in [2.05, 4.69) is 6.92 Å². The van der Waals surface area contributed by atoms with Crippen LogP contribution in [0.15, 0.2) is 54.1 Å². The number of carbonyl (C=O) groups is 2. The summed E-state index contributed by atoms with van der Waals surface area (Å²) >= 11 is 0. The second-order valence-electron chi connectivity index (χ2n) is 9.46. The van der Waals surface area contributed by atoms with Crippen LogP contribution in [0.4, 0.5) is 4.39 Å². The fourth-order valence-electron chi connectivity index (χ4n) is 4.81. The quantitative estimate of drug-likeness (QED) is 0.130. The number of methoxy groups -OCH3 is 1. The molecule has 2 aromatic rings. The molecule has 0 saturated carbocycles. The van der Waals surface area contributed by atoms with Gasteiger partial charge in [0.2, 0.25) is 0 Å². The van der Waals surface area contributed by atoms with Crippen LogP contribution in [-0.2, 0) is 9.59 Å². The third kappa shape index (κ3) is 6.96. The molecule has 5 nitrogen and oxygen atoms in total. The molecule has 3 rings (SSSR count). The minimum Gasteiger partial charge on any atom is -0.507 e. The number of ether oxygens (including phenoxy) is 1. The van der Waals surface area contributed by atoms with E-state index in [4.69, 9.17) is 4.74 Å². The molecule has 1 fully saturated rings. The Hall–Kier alpha value is -3.15. The zero-order valence-electron chi connectivity index (χ0n) is 21.5. The van der Waals surface area contributed by atoms with E-state index in [1.807, 2.05) is 0 Å². The number of halogens is 1. The standard InChI is InChI=1S/C30H38FNO4/c1-3-4-5-6-7-8-9-10-11-12-20-32-27(23-14-13-15-24(31)21-23)26(29(34)30(32)35)28(33)22-16-18-25(36-2)19-17-22/h13-19,21,27,33H,3-12,20H2,1-2H3. The number of hydrogen-bond donors (Lipinski definition) is 1. The van der Waals surface area contributed by atoms with Gasteiger partial charge in [-0.1, -0.05) is 76.8 Å². The molecule has 0 spiro atoms. The number of carbonyl (C=O) groups excluding carboxylic acids is 2. The largest absolute Gasteiger partial charge is 0.507 e. The lowest BCUT2D eigenvalue weighted by molar-refractivity contribution is -0.139. The zero-order valence-corrected chi connectivity index (χ0v) is 21.5. The first kappa shape index (κ1) is 27.4. The third-order valence-corrected chi connectivity index (χ3v) is 6.82. The lowest BCUT2D eigenvalue weighted by Gasteiger charge is -2.25. The van der Waals surface area contributed by atoms with Gasteiger partial charge in [-0.15, -0.1) is 0 Å². The van der Waals surface area contributed by atoms with E-state index < -0.39 is 23.5 Å². The summed E-state index contributed by atoms with van der Waals surface area (Å²) in [7, 11) is 1.54. The molecular formula is C30H38FNO4. The van der Waals surface area contributed by atoms with Crippen molar-refractivity contribution in [1.29, 1.82) is 0 Å². The summed E-state index contributed by atoms with van der Waals surface area (Å²) in [5.74, 6) is -1.52. The molecule has 0 aromatic heterocycles. The van der Waals surface area contributed by atoms with Gasteiger partial charge in [-0.2, -0.15) is 0 Å². The molecule has 194 valence electrons. The van der Waals surface area contributed by atoms with Gasteiger partial charge in [0, 0.05) is 12.1 Å². The zero-order chi connectivity index (χ0) is 25.9. The highest BCUT2D eigenvalue weighted by atomic mass is 19.1. The van der Waals surface area contributed by atoms with Crippen molar-refractivity contribution in [3.63, 3.8) is 0 Å². The highest BCUT2D eigenvalue weighted by Gasteiger charge is 2.45. The Labute approximate surface area is 214 Å². The van der Waals surface area contributed by atoms with Crippen molar-refractivity contribution in [2.24, 2.45) is 0 Å². The molecule has 0 aliphatic carbocycles. The third-order valence-electron chi connectivity index (χ3n) is 6.82. The molecule has 1 aliphatic heterocycles. The lowest BCUT2D eigenvalue weighted by Crippen LogP contribution is -2.30. The number of aliphatic hydroxyl groups excluding tert-OH is 1. The van der Waals surface area contributed by atoms with Crippen molar-refractivity contribution in [1.82, 2.24) is 4.90 Å². The van der Waals surface area contributed by atoms with Gasteiger partial charge in [0.15, 0.2) is 0 Å². The molecule has 1 saturated heterocycles. The molecule has 0 radical (unpaired) electrons. The minimum atomic E-state index is -0.832. The topological polar surface area (TPSA) is 66.8 Å². The van der Waals surface area contributed by atoms with Crippen molar-refractivity contribution >= 4 is 17.4 Å². The summed E-state index contributed by atoms with van der Waals surface area (Å²) in [6.07, 6.45) is 11.6. The Kier molecular flexibility index (Phi) is 10.5. The Morgan fingerprint density at radius 3 is 2.11 bits per heavy atom. The Morgan fingerprint density at radius 2 is 1.53 bits per heavy atom. The van der Waals surface area contributed by atoms with Crippen LogP contribution in [0, 0.1) is 5.82 Å². The van der Waals surface area contributed by atoms with Crippen molar-refractivity contribution in [2.75, 3.05) is 13.7 Å². The second kappa shape index (κ2) is 13.8. The van der Waals surface area contributed by atoms with Gasteiger partial charge in [-0.05, 0) is 48.4 Å². The number of hydrogen-bond acceptors (Lipinski definition) is 4. The van der Waals surface area contributed by atoms with Gasteiger partial charge in [0.1, 0.15) is 17.3 Å². The average molecular weight is 496 g/mol. The number of ketones is 1. The number of Topliss-reactive ketones (excluding diaryl/α,β-unsaturated/α-hetero) is 1. The number of amides is 1. The predicted molar refractivity (Wildman–Crippen MR) is 140 cm³/mol. The molecule has 6 heteroatoms. The molecule has 36 heavy (non-hydrogen) atoms. The van der Waals surface area contributed by atoms with Crippen molar-refractivity contribution in [2.45, 2.75) is 77.2 Å². The van der Waals surface area contributed by atoms with Gasteiger partial charge in [-0.3, -0.25) is 9.59 Å². The summed E-state index contributed by atoms with van der Waals surface area (Å²) in [6.45, 7) is 2.60. The lowest BCUT2D eigenvalue weighted by atomic mass is 9.95. The Bertz CT molecular complexity index is 1050. The van der Waals surface area contributed by atoms with E-state index in [-0.39, 0.29) is 11.3 Å². The van der Waals surface area contributed by atoms with Gasteiger partial charge in [0.25, 0.3) is 11.7 Å². The molecule has 1 atom stereocenters. The summed E-state index contributed by atoms with van der Waals surface area (Å²) < 4.78 is 19.3. The Morgan fingerprint density at radius 1 is 0.917 bits per heavy atom. The van der Waals surface area contributed by atoms with Crippen LogP contribution < -0.4 is 4.74 Å². The summed E-state index contributed by atoms with van der Waals surface area (Å²) in [4.78, 5) is 27.6. The van der Waals surface area contributed by atoms with Crippen LogP contribution in [0.2, 0.25) is 0 Å². The number of likely N-dealkylation sites (tertiary alicyclic amines) is 1. The molecular weight excluding hydrogens is 457 g/mol. The van der Waals surface area contributed by atoms with Gasteiger partial charge < -0.3 is 14.7 Å². The molecule has 1 amide bonds. The molecule has 0 bridgehead atoms. The SMILES string of the molecule is CCCCCCCCCCCCN1C(=O)C(=O)C(=C(O)c2ccc(OC)cc2)C1c1cccc(F)c1. The summed E-state index contributed by atoms with van der Waals surface area (Å²) in [5.41, 5.74) is 0.855. The van der Waals surface area contributed by atoms with E-state index >= 15 is 0 Å². The van der Waals surface area contributed by atoms with Crippen LogP contribution in [0.5, 0.6) is 5.75 Å². The number of aliphatic hydroxyl groups is 1. The molecule has 1 unspecified atom stereocenters. The predicted octanol–water partition coefficient (Wildman–Crippen LogP) is 7.18. The summed E-state index contributed by atoms with van der Waals surface area (Å²) in [6, 6.07) is 11.7. The first-order chi connectivity index (χ1) is 17.5. The van der Waals surface area contributed by atoms with E-state index in [1.165, 1.54) is 62.7 Å². The highest BCUT2D eigenvalue weighted by molar-refractivity contribution is 6.46. The van der Waals surface area contributed by atoms with Crippen LogP contribution in [-0.4, -0.2) is 35.4 Å². The smallest absolute Gasteiger partial charge is 0.295 e. The van der Waals surface area contributed by atoms with E-state index in [9.17, 15) is 19.1 Å². The van der Waals surface area contributed by atoms with Crippen LogP contribution in [0.1, 0.15) is 88.3 Å². The van der Waals surface area contributed by atoms with Gasteiger partial charge in [0.05, 0.1) is 18.7 Å². The minimum absolute atomic E-state index is 0.0113. The fourth-order valence-corrected chi connectivity index (χ4v) is 4.81. The van der Waals surface area contributed by atoms with E-state index in [0.29, 0.717) is 23.4 Å². The molecule has 1 heterocycles. The second-order valence-corrected chi connectivity index (χ2v) is 9.46. The number of unbranched alkanes of at least 4 members (excludes halogenated alkanes) is 9. The van der Waals surface area contributed by atoms with Gasteiger partial charge in [-0.25, -0.2) is 4.39 Å². The monoisotopic (exact) mass is 495 g/mol. The average Bonchev–Trinajstić information content (AvgIpc) is 3.14. The number of nitrogens with zero attached hydrogens (tertiary/aromatic N) is 1. The molecule has 2 aromatic carbocycles. The fraction of sp³-hybridized carbons (Fsp3) is 0.467. The first-order valence-electron chi connectivity index (χ1n) is 13.2. The summed E-state index contributed by atoms with van der Waals surface area (Å²) in [5, 5.41) is 11.1. The van der Waals surface area contributed by atoms with Crippen molar-refractivity contribution < 1.29 is 23.8 Å². The maximum Gasteiger partial charge on any atom is 0.295 e. The number of benzene rings is 2.